The Kier molecular flexibility index (Phi) is 3.39. The van der Waals surface area contributed by atoms with Crippen molar-refractivity contribution in [2.45, 2.75) is 19.9 Å². The fraction of sp³-hybridized carbons (Fsp3) is 0.188. The highest BCUT2D eigenvalue weighted by atomic mass is 16.1. The Morgan fingerprint density at radius 1 is 1.29 bits per heavy atom. The fourth-order valence-corrected chi connectivity index (χ4v) is 2.22. The van der Waals surface area contributed by atoms with Crippen LogP contribution in [0.25, 0.3) is 11.0 Å². The van der Waals surface area contributed by atoms with E-state index in [1.807, 2.05) is 24.5 Å². The van der Waals surface area contributed by atoms with Crippen LogP contribution in [0.2, 0.25) is 0 Å². The van der Waals surface area contributed by atoms with Gasteiger partial charge in [0.05, 0.1) is 22.9 Å². The van der Waals surface area contributed by atoms with Gasteiger partial charge in [0.2, 0.25) is 0 Å². The number of rotatable bonds is 3. The summed E-state index contributed by atoms with van der Waals surface area (Å²) in [6, 6.07) is 9.56. The maximum absolute atomic E-state index is 12.1. The minimum absolute atomic E-state index is 0.175. The molecule has 0 radical (unpaired) electrons. The molecular formula is C16H16N4O. The molecule has 0 atom stereocenters. The molecule has 0 unspecified atom stereocenters. The zero-order valence-electron chi connectivity index (χ0n) is 11.9. The van der Waals surface area contributed by atoms with Gasteiger partial charge in [-0.2, -0.15) is 0 Å². The Balaban J connectivity index is 1.87. The zero-order valence-corrected chi connectivity index (χ0v) is 11.9. The van der Waals surface area contributed by atoms with E-state index >= 15 is 0 Å². The number of anilines is 1. The van der Waals surface area contributed by atoms with Gasteiger partial charge in [-0.1, -0.05) is 0 Å². The molecule has 106 valence electrons. The van der Waals surface area contributed by atoms with Crippen LogP contribution in [-0.2, 0) is 0 Å². The molecule has 1 aromatic carbocycles. The first kappa shape index (κ1) is 13.3. The molecule has 0 aliphatic carbocycles. The van der Waals surface area contributed by atoms with Crippen molar-refractivity contribution >= 4 is 22.6 Å². The molecule has 0 bridgehead atoms. The van der Waals surface area contributed by atoms with Gasteiger partial charge in [-0.05, 0) is 44.2 Å². The first-order valence-corrected chi connectivity index (χ1v) is 6.83. The van der Waals surface area contributed by atoms with Gasteiger partial charge in [0.1, 0.15) is 0 Å². The van der Waals surface area contributed by atoms with E-state index in [-0.39, 0.29) is 5.91 Å². The third-order valence-corrected chi connectivity index (χ3v) is 3.31. The number of benzene rings is 1. The number of hydrogen-bond donors (Lipinski definition) is 1. The molecule has 21 heavy (non-hydrogen) atoms. The van der Waals surface area contributed by atoms with Crippen LogP contribution in [0.15, 0.2) is 49.1 Å². The highest BCUT2D eigenvalue weighted by Gasteiger charge is 2.09. The molecule has 5 nitrogen and oxygen atoms in total. The molecule has 0 saturated carbocycles. The summed E-state index contributed by atoms with van der Waals surface area (Å²) in [5, 5.41) is 2.86. The standard InChI is InChI=1S/C16H16N4O/c1-11(2)20-10-18-14-8-13(5-6-15(14)20)19-16(21)12-4-3-7-17-9-12/h3-11H,1-2H3,(H,19,21). The molecule has 3 aromatic rings. The van der Waals surface area contributed by atoms with E-state index in [9.17, 15) is 4.79 Å². The lowest BCUT2D eigenvalue weighted by atomic mass is 10.2. The summed E-state index contributed by atoms with van der Waals surface area (Å²) in [5.74, 6) is -0.175. The number of nitrogens with one attached hydrogen (secondary N) is 1. The lowest BCUT2D eigenvalue weighted by Crippen LogP contribution is -2.11. The summed E-state index contributed by atoms with van der Waals surface area (Å²) >= 11 is 0. The van der Waals surface area contributed by atoms with Crippen molar-refractivity contribution in [2.24, 2.45) is 0 Å². The lowest BCUT2D eigenvalue weighted by molar-refractivity contribution is 0.102. The second kappa shape index (κ2) is 5.36. The second-order valence-electron chi connectivity index (χ2n) is 5.14. The maximum atomic E-state index is 12.1. The highest BCUT2D eigenvalue weighted by molar-refractivity contribution is 6.04. The Morgan fingerprint density at radius 3 is 2.86 bits per heavy atom. The normalized spacial score (nSPS) is 11.0. The summed E-state index contributed by atoms with van der Waals surface area (Å²) < 4.78 is 2.10. The van der Waals surface area contributed by atoms with Crippen molar-refractivity contribution in [1.29, 1.82) is 0 Å². The van der Waals surface area contributed by atoms with Gasteiger partial charge < -0.3 is 9.88 Å². The monoisotopic (exact) mass is 280 g/mol. The number of aromatic nitrogens is 3. The van der Waals surface area contributed by atoms with E-state index in [4.69, 9.17) is 0 Å². The minimum Gasteiger partial charge on any atom is -0.328 e. The molecule has 3 rings (SSSR count). The van der Waals surface area contributed by atoms with Crippen molar-refractivity contribution in [1.82, 2.24) is 14.5 Å². The van der Waals surface area contributed by atoms with Crippen molar-refractivity contribution in [3.05, 3.63) is 54.6 Å². The van der Waals surface area contributed by atoms with Crippen LogP contribution in [0, 0.1) is 0 Å². The molecular weight excluding hydrogens is 264 g/mol. The van der Waals surface area contributed by atoms with Gasteiger partial charge in [0.15, 0.2) is 0 Å². The topological polar surface area (TPSA) is 59.8 Å². The summed E-state index contributed by atoms with van der Waals surface area (Å²) in [6.45, 7) is 4.22. The van der Waals surface area contributed by atoms with E-state index in [1.54, 1.807) is 24.5 Å². The molecule has 0 fully saturated rings. The number of imidazole rings is 1. The van der Waals surface area contributed by atoms with E-state index < -0.39 is 0 Å². The van der Waals surface area contributed by atoms with Crippen molar-refractivity contribution < 1.29 is 4.79 Å². The van der Waals surface area contributed by atoms with Crippen LogP contribution in [0.4, 0.5) is 5.69 Å². The number of carbonyl (C=O) groups is 1. The average Bonchev–Trinajstić information content (AvgIpc) is 2.91. The molecule has 1 N–H and O–H groups in total. The van der Waals surface area contributed by atoms with Crippen molar-refractivity contribution in [3.8, 4) is 0 Å². The molecule has 0 aliphatic rings. The largest absolute Gasteiger partial charge is 0.328 e. The first-order chi connectivity index (χ1) is 10.1. The van der Waals surface area contributed by atoms with Crippen LogP contribution >= 0.6 is 0 Å². The smallest absolute Gasteiger partial charge is 0.257 e. The average molecular weight is 280 g/mol. The first-order valence-electron chi connectivity index (χ1n) is 6.83. The molecule has 5 heteroatoms. The molecule has 1 amide bonds. The lowest BCUT2D eigenvalue weighted by Gasteiger charge is -2.08. The van der Waals surface area contributed by atoms with Gasteiger partial charge in [0.25, 0.3) is 5.91 Å². The molecule has 2 heterocycles. The summed E-state index contributed by atoms with van der Waals surface area (Å²) in [6.07, 6.45) is 5.00. The summed E-state index contributed by atoms with van der Waals surface area (Å²) in [4.78, 5) is 20.4. The van der Waals surface area contributed by atoms with E-state index in [2.05, 4.69) is 33.7 Å². The number of hydrogen-bond acceptors (Lipinski definition) is 3. The Hall–Kier alpha value is -2.69. The predicted octanol–water partition coefficient (Wildman–Crippen LogP) is 3.26. The van der Waals surface area contributed by atoms with E-state index in [0.29, 0.717) is 11.6 Å². The van der Waals surface area contributed by atoms with Crippen molar-refractivity contribution in [3.63, 3.8) is 0 Å². The zero-order chi connectivity index (χ0) is 14.8. The fourth-order valence-electron chi connectivity index (χ4n) is 2.22. The Bertz CT molecular complexity index is 777. The van der Waals surface area contributed by atoms with Gasteiger partial charge in [-0.3, -0.25) is 9.78 Å². The summed E-state index contributed by atoms with van der Waals surface area (Å²) in [5.41, 5.74) is 3.19. The van der Waals surface area contributed by atoms with Gasteiger partial charge in [-0.15, -0.1) is 0 Å². The number of nitrogens with zero attached hydrogens (tertiary/aromatic N) is 3. The maximum Gasteiger partial charge on any atom is 0.257 e. The van der Waals surface area contributed by atoms with Gasteiger partial charge in [-0.25, -0.2) is 4.98 Å². The van der Waals surface area contributed by atoms with Crippen molar-refractivity contribution in [2.75, 3.05) is 5.32 Å². The van der Waals surface area contributed by atoms with Crippen LogP contribution < -0.4 is 5.32 Å². The van der Waals surface area contributed by atoms with E-state index in [1.165, 1.54) is 0 Å². The van der Waals surface area contributed by atoms with Crippen LogP contribution in [0.1, 0.15) is 30.2 Å². The number of pyridine rings is 1. The van der Waals surface area contributed by atoms with Crippen LogP contribution in [0.3, 0.4) is 0 Å². The number of carbonyl (C=O) groups excluding carboxylic acids is 1. The van der Waals surface area contributed by atoms with Gasteiger partial charge in [0, 0.05) is 24.1 Å². The minimum atomic E-state index is -0.175. The second-order valence-corrected chi connectivity index (χ2v) is 5.14. The number of amides is 1. The third-order valence-electron chi connectivity index (χ3n) is 3.31. The summed E-state index contributed by atoms with van der Waals surface area (Å²) in [7, 11) is 0. The van der Waals surface area contributed by atoms with Crippen LogP contribution in [0.5, 0.6) is 0 Å². The highest BCUT2D eigenvalue weighted by Crippen LogP contribution is 2.21. The molecule has 0 aliphatic heterocycles. The number of fused-ring (bicyclic) bond motifs is 1. The molecule has 0 spiro atoms. The SMILES string of the molecule is CC(C)n1cnc2cc(NC(=O)c3cccnc3)ccc21. The quantitative estimate of drug-likeness (QED) is 0.801. The Labute approximate surface area is 122 Å². The predicted molar refractivity (Wildman–Crippen MR) is 82.3 cm³/mol. The van der Waals surface area contributed by atoms with Crippen LogP contribution in [-0.4, -0.2) is 20.4 Å². The third kappa shape index (κ3) is 2.63. The van der Waals surface area contributed by atoms with E-state index in [0.717, 1.165) is 16.7 Å². The Morgan fingerprint density at radius 2 is 2.14 bits per heavy atom. The molecule has 0 saturated heterocycles. The van der Waals surface area contributed by atoms with Gasteiger partial charge >= 0.3 is 0 Å². The molecule has 2 aromatic heterocycles.